The third-order valence-corrected chi connectivity index (χ3v) is 4.19. The van der Waals surface area contributed by atoms with Gasteiger partial charge in [-0.15, -0.1) is 12.6 Å². The van der Waals surface area contributed by atoms with Crippen LogP contribution in [0, 0.1) is 5.92 Å². The summed E-state index contributed by atoms with van der Waals surface area (Å²) >= 11 is 7.64. The normalized spacial score (nSPS) is 16.1. The molecule has 1 amide bonds. The van der Waals surface area contributed by atoms with Crippen LogP contribution in [0.25, 0.3) is 0 Å². The minimum absolute atomic E-state index is 0.0142. The van der Waals surface area contributed by atoms with Crippen LogP contribution in [0.3, 0.4) is 0 Å². The zero-order chi connectivity index (χ0) is 12.3. The first-order valence-electron chi connectivity index (χ1n) is 5.93. The number of amides is 1. The molecule has 0 spiro atoms. The first-order chi connectivity index (χ1) is 8.16. The van der Waals surface area contributed by atoms with Crippen molar-refractivity contribution in [2.75, 3.05) is 6.54 Å². The summed E-state index contributed by atoms with van der Waals surface area (Å²) in [6, 6.07) is 5.50. The molecule has 0 unspecified atom stereocenters. The predicted molar refractivity (Wildman–Crippen MR) is 75.7 cm³/mol. The van der Waals surface area contributed by atoms with Gasteiger partial charge in [0, 0.05) is 15.9 Å². The molecule has 2 nitrogen and oxygen atoms in total. The molecule has 1 saturated carbocycles. The molecule has 1 aromatic rings. The molecule has 0 radical (unpaired) electrons. The Kier molecular flexibility index (Phi) is 4.51. The van der Waals surface area contributed by atoms with E-state index in [2.05, 4.69) is 33.9 Å². The Bertz CT molecular complexity index is 416. The number of hydrogen-bond donors (Lipinski definition) is 2. The molecule has 17 heavy (non-hydrogen) atoms. The van der Waals surface area contributed by atoms with Gasteiger partial charge in [0.1, 0.15) is 0 Å². The van der Waals surface area contributed by atoms with Gasteiger partial charge in [0.05, 0.1) is 5.56 Å². The molecule has 0 atom stereocenters. The standard InChI is InChI=1S/C13H16BrNOS/c14-12-6-5-10(17)7-11(12)13(16)15-8-9-3-1-2-4-9/h5-7,9,17H,1-4,8H2,(H,15,16). The molecule has 1 N–H and O–H groups in total. The highest BCUT2D eigenvalue weighted by Crippen LogP contribution is 2.24. The van der Waals surface area contributed by atoms with E-state index in [1.807, 2.05) is 12.1 Å². The van der Waals surface area contributed by atoms with E-state index in [0.29, 0.717) is 11.5 Å². The van der Waals surface area contributed by atoms with Crippen LogP contribution in [0.4, 0.5) is 0 Å². The molecule has 2 rings (SSSR count). The summed E-state index contributed by atoms with van der Waals surface area (Å²) < 4.78 is 0.819. The summed E-state index contributed by atoms with van der Waals surface area (Å²) in [6.45, 7) is 0.794. The van der Waals surface area contributed by atoms with E-state index in [1.54, 1.807) is 6.07 Å². The molecule has 1 fully saturated rings. The average molecular weight is 314 g/mol. The fraction of sp³-hybridized carbons (Fsp3) is 0.462. The summed E-state index contributed by atoms with van der Waals surface area (Å²) in [5.74, 6) is 0.650. The summed E-state index contributed by atoms with van der Waals surface area (Å²) in [5, 5.41) is 3.01. The second-order valence-electron chi connectivity index (χ2n) is 4.52. The van der Waals surface area contributed by atoms with E-state index < -0.39 is 0 Å². The third kappa shape index (κ3) is 3.49. The van der Waals surface area contributed by atoms with Gasteiger partial charge in [-0.2, -0.15) is 0 Å². The van der Waals surface area contributed by atoms with Gasteiger partial charge < -0.3 is 5.32 Å². The summed E-state index contributed by atoms with van der Waals surface area (Å²) in [7, 11) is 0. The van der Waals surface area contributed by atoms with Crippen LogP contribution in [-0.4, -0.2) is 12.5 Å². The van der Waals surface area contributed by atoms with Gasteiger partial charge in [0.15, 0.2) is 0 Å². The van der Waals surface area contributed by atoms with E-state index >= 15 is 0 Å². The molecular formula is C13H16BrNOS. The molecule has 1 aliphatic rings. The van der Waals surface area contributed by atoms with Gasteiger partial charge in [-0.3, -0.25) is 4.79 Å². The van der Waals surface area contributed by atoms with Crippen LogP contribution in [0.1, 0.15) is 36.0 Å². The molecule has 0 heterocycles. The monoisotopic (exact) mass is 313 g/mol. The van der Waals surface area contributed by atoms with Gasteiger partial charge in [-0.1, -0.05) is 12.8 Å². The van der Waals surface area contributed by atoms with Crippen LogP contribution in [0.15, 0.2) is 27.6 Å². The van der Waals surface area contributed by atoms with E-state index in [9.17, 15) is 4.79 Å². The lowest BCUT2D eigenvalue weighted by molar-refractivity contribution is 0.0946. The third-order valence-electron chi connectivity index (χ3n) is 3.22. The first kappa shape index (κ1) is 13.0. The Hall–Kier alpha value is -0.480. The molecule has 0 aliphatic heterocycles. The number of thiol groups is 1. The number of carbonyl (C=O) groups excluding carboxylic acids is 1. The molecule has 1 aliphatic carbocycles. The van der Waals surface area contributed by atoms with Crippen molar-refractivity contribution in [3.8, 4) is 0 Å². The van der Waals surface area contributed by atoms with Crippen LogP contribution in [-0.2, 0) is 0 Å². The minimum atomic E-state index is -0.0142. The fourth-order valence-corrected chi connectivity index (χ4v) is 2.86. The topological polar surface area (TPSA) is 29.1 Å². The van der Waals surface area contributed by atoms with Crippen molar-refractivity contribution in [2.24, 2.45) is 5.92 Å². The molecule has 0 aromatic heterocycles. The quantitative estimate of drug-likeness (QED) is 0.819. The maximum atomic E-state index is 12.0. The van der Waals surface area contributed by atoms with E-state index in [1.165, 1.54) is 25.7 Å². The predicted octanol–water partition coefficient (Wildman–Crippen LogP) is 3.66. The highest BCUT2D eigenvalue weighted by molar-refractivity contribution is 9.10. The van der Waals surface area contributed by atoms with E-state index in [4.69, 9.17) is 0 Å². The maximum Gasteiger partial charge on any atom is 0.252 e. The van der Waals surface area contributed by atoms with E-state index in [-0.39, 0.29) is 5.91 Å². The Balaban J connectivity index is 1.96. The SMILES string of the molecule is O=C(NCC1CCCC1)c1cc(S)ccc1Br. The van der Waals surface area contributed by atoms with Crippen molar-refractivity contribution in [3.63, 3.8) is 0 Å². The molecule has 4 heteroatoms. The Labute approximate surface area is 116 Å². The molecule has 1 aromatic carbocycles. The lowest BCUT2D eigenvalue weighted by Crippen LogP contribution is -2.28. The zero-order valence-electron chi connectivity index (χ0n) is 9.58. The fourth-order valence-electron chi connectivity index (χ4n) is 2.23. The van der Waals surface area contributed by atoms with Gasteiger partial charge in [0.2, 0.25) is 0 Å². The van der Waals surface area contributed by atoms with Gasteiger partial charge >= 0.3 is 0 Å². The maximum absolute atomic E-state index is 12.0. The van der Waals surface area contributed by atoms with Crippen molar-refractivity contribution < 1.29 is 4.79 Å². The molecular weight excluding hydrogens is 298 g/mol. The number of nitrogens with one attached hydrogen (secondary N) is 1. The number of carbonyl (C=O) groups is 1. The number of halogens is 1. The smallest absolute Gasteiger partial charge is 0.252 e. The Morgan fingerprint density at radius 3 is 2.82 bits per heavy atom. The van der Waals surface area contributed by atoms with Crippen molar-refractivity contribution in [1.82, 2.24) is 5.32 Å². The highest BCUT2D eigenvalue weighted by atomic mass is 79.9. The summed E-state index contributed by atoms with van der Waals surface area (Å²) in [6.07, 6.45) is 5.09. The van der Waals surface area contributed by atoms with Crippen molar-refractivity contribution >= 4 is 34.5 Å². The van der Waals surface area contributed by atoms with Crippen LogP contribution in [0.5, 0.6) is 0 Å². The lowest BCUT2D eigenvalue weighted by atomic mass is 10.1. The second-order valence-corrected chi connectivity index (χ2v) is 5.90. The highest BCUT2D eigenvalue weighted by Gasteiger charge is 2.17. The van der Waals surface area contributed by atoms with Gasteiger partial charge in [-0.05, 0) is 52.9 Å². The number of benzene rings is 1. The minimum Gasteiger partial charge on any atom is -0.352 e. The molecule has 0 saturated heterocycles. The van der Waals surface area contributed by atoms with Crippen molar-refractivity contribution in [2.45, 2.75) is 30.6 Å². The van der Waals surface area contributed by atoms with E-state index in [0.717, 1.165) is 15.9 Å². The Morgan fingerprint density at radius 2 is 2.12 bits per heavy atom. The zero-order valence-corrected chi connectivity index (χ0v) is 12.1. The van der Waals surface area contributed by atoms with Crippen molar-refractivity contribution in [1.29, 1.82) is 0 Å². The Morgan fingerprint density at radius 1 is 1.41 bits per heavy atom. The second kappa shape index (κ2) is 5.91. The number of hydrogen-bond acceptors (Lipinski definition) is 2. The largest absolute Gasteiger partial charge is 0.352 e. The van der Waals surface area contributed by atoms with Gasteiger partial charge in [-0.25, -0.2) is 0 Å². The summed E-state index contributed by atoms with van der Waals surface area (Å²) in [4.78, 5) is 12.8. The molecule has 92 valence electrons. The van der Waals surface area contributed by atoms with Gasteiger partial charge in [0.25, 0.3) is 5.91 Å². The molecule has 0 bridgehead atoms. The first-order valence-corrected chi connectivity index (χ1v) is 7.17. The van der Waals surface area contributed by atoms with Crippen molar-refractivity contribution in [3.05, 3.63) is 28.2 Å². The van der Waals surface area contributed by atoms with Crippen LogP contribution >= 0.6 is 28.6 Å². The van der Waals surface area contributed by atoms with Crippen LogP contribution < -0.4 is 5.32 Å². The number of rotatable bonds is 3. The average Bonchev–Trinajstić information content (AvgIpc) is 2.82. The summed E-state index contributed by atoms with van der Waals surface area (Å²) in [5.41, 5.74) is 0.662. The van der Waals surface area contributed by atoms with Crippen LogP contribution in [0.2, 0.25) is 0 Å². The lowest BCUT2D eigenvalue weighted by Gasteiger charge is -2.11.